The number of rotatable bonds is 3. The number of aryl methyl sites for hydroxylation is 1. The Labute approximate surface area is 157 Å². The normalized spacial score (nSPS) is 18.8. The first-order chi connectivity index (χ1) is 12.9. The molecule has 0 saturated carbocycles. The molecule has 136 valence electrons. The summed E-state index contributed by atoms with van der Waals surface area (Å²) < 4.78 is 8.17. The third kappa shape index (κ3) is 3.11. The van der Waals surface area contributed by atoms with Gasteiger partial charge >= 0.3 is 0 Å². The van der Waals surface area contributed by atoms with Gasteiger partial charge in [-0.05, 0) is 42.7 Å². The van der Waals surface area contributed by atoms with Crippen LogP contribution in [0.5, 0.6) is 0 Å². The minimum absolute atomic E-state index is 0.942. The summed E-state index contributed by atoms with van der Waals surface area (Å²) in [6, 6.07) is 10.8. The van der Waals surface area contributed by atoms with Gasteiger partial charge < -0.3 is 10.2 Å². The van der Waals surface area contributed by atoms with E-state index in [2.05, 4.69) is 50.1 Å². The predicted octanol–water partition coefficient (Wildman–Crippen LogP) is 2.31. The molecule has 1 aromatic carbocycles. The quantitative estimate of drug-likeness (QED) is 0.769. The molecular formula is C19H24N6S. The van der Waals surface area contributed by atoms with Crippen LogP contribution in [-0.4, -0.2) is 51.8 Å². The second-order valence-corrected chi connectivity index (χ2v) is 7.95. The summed E-state index contributed by atoms with van der Waals surface area (Å²) in [4.78, 5) is 4.95. The van der Waals surface area contributed by atoms with Crippen molar-refractivity contribution in [1.29, 1.82) is 0 Å². The van der Waals surface area contributed by atoms with Crippen LogP contribution in [0.2, 0.25) is 0 Å². The second-order valence-electron chi connectivity index (χ2n) is 7.15. The van der Waals surface area contributed by atoms with E-state index >= 15 is 0 Å². The molecule has 5 rings (SSSR count). The molecular weight excluding hydrogens is 344 g/mol. The highest BCUT2D eigenvalue weighted by Crippen LogP contribution is 2.29. The van der Waals surface area contributed by atoms with E-state index in [1.807, 2.05) is 0 Å². The first-order valence-electron chi connectivity index (χ1n) is 9.45. The topological polar surface area (TPSA) is 49.2 Å². The molecule has 0 amide bonds. The van der Waals surface area contributed by atoms with Crippen LogP contribution < -0.4 is 10.2 Å². The van der Waals surface area contributed by atoms with Gasteiger partial charge in [-0.25, -0.2) is 0 Å². The van der Waals surface area contributed by atoms with Gasteiger partial charge in [0, 0.05) is 51.2 Å². The molecule has 6 nitrogen and oxygen atoms in total. The molecule has 4 heterocycles. The maximum atomic E-state index is 4.83. The Morgan fingerprint density at radius 1 is 1.08 bits per heavy atom. The van der Waals surface area contributed by atoms with Crippen molar-refractivity contribution >= 4 is 27.4 Å². The molecule has 2 aliphatic heterocycles. The fourth-order valence-electron chi connectivity index (χ4n) is 3.95. The van der Waals surface area contributed by atoms with Gasteiger partial charge in [0.15, 0.2) is 0 Å². The van der Waals surface area contributed by atoms with Crippen LogP contribution in [0.1, 0.15) is 17.8 Å². The number of piperazine rings is 1. The van der Waals surface area contributed by atoms with Gasteiger partial charge in [0.25, 0.3) is 0 Å². The third-order valence-corrected chi connectivity index (χ3v) is 6.18. The maximum absolute atomic E-state index is 4.83. The average Bonchev–Trinajstić information content (AvgIpc) is 3.20. The van der Waals surface area contributed by atoms with E-state index in [4.69, 9.17) is 9.47 Å². The lowest BCUT2D eigenvalue weighted by atomic mass is 10.2. The number of nitrogens with zero attached hydrogens (tertiary/aromatic N) is 5. The summed E-state index contributed by atoms with van der Waals surface area (Å²) >= 11 is 1.60. The van der Waals surface area contributed by atoms with Crippen LogP contribution in [0.3, 0.4) is 0 Å². The zero-order chi connectivity index (χ0) is 17.3. The van der Waals surface area contributed by atoms with Gasteiger partial charge in [-0.15, -0.1) is 0 Å². The third-order valence-electron chi connectivity index (χ3n) is 5.36. The van der Waals surface area contributed by atoms with Gasteiger partial charge in [-0.3, -0.25) is 9.58 Å². The molecule has 0 bridgehead atoms. The van der Waals surface area contributed by atoms with Crippen LogP contribution in [0.25, 0.3) is 10.1 Å². The van der Waals surface area contributed by atoms with Crippen molar-refractivity contribution in [2.24, 2.45) is 0 Å². The van der Waals surface area contributed by atoms with Gasteiger partial charge in [0.2, 0.25) is 0 Å². The lowest BCUT2D eigenvalue weighted by molar-refractivity contribution is 0.246. The highest BCUT2D eigenvalue weighted by molar-refractivity contribution is 7.13. The smallest absolute Gasteiger partial charge is 0.150 e. The van der Waals surface area contributed by atoms with Crippen LogP contribution in [-0.2, 0) is 19.6 Å². The molecule has 0 atom stereocenters. The number of nitrogens with one attached hydrogen (secondary N) is 1. The number of hydrogen-bond donors (Lipinski definition) is 1. The zero-order valence-corrected chi connectivity index (χ0v) is 15.7. The first kappa shape index (κ1) is 16.2. The minimum atomic E-state index is 0.942. The summed E-state index contributed by atoms with van der Waals surface area (Å²) in [7, 11) is 0. The van der Waals surface area contributed by atoms with Crippen molar-refractivity contribution in [3.63, 3.8) is 0 Å². The molecule has 2 aromatic heterocycles. The van der Waals surface area contributed by atoms with Gasteiger partial charge in [-0.1, -0.05) is 12.1 Å². The molecule has 26 heavy (non-hydrogen) atoms. The Bertz CT molecular complexity index is 869. The van der Waals surface area contributed by atoms with Crippen molar-refractivity contribution < 1.29 is 0 Å². The highest BCUT2D eigenvalue weighted by atomic mass is 32.1. The van der Waals surface area contributed by atoms with E-state index in [0.717, 1.165) is 64.6 Å². The summed E-state index contributed by atoms with van der Waals surface area (Å²) in [6.07, 6.45) is 1.16. The van der Waals surface area contributed by atoms with Gasteiger partial charge in [0.1, 0.15) is 5.82 Å². The molecule has 0 aliphatic carbocycles. The SMILES string of the molecule is c1ccc2c(N3CCN(Cc4cc5n(n4)CCCNC5)CC3)nsc2c1. The van der Waals surface area contributed by atoms with E-state index in [9.17, 15) is 0 Å². The Morgan fingerprint density at radius 3 is 2.88 bits per heavy atom. The Hall–Kier alpha value is -1.96. The Kier molecular flexibility index (Phi) is 4.36. The molecule has 0 unspecified atom stereocenters. The molecule has 2 aliphatic rings. The number of aromatic nitrogens is 3. The van der Waals surface area contributed by atoms with E-state index in [-0.39, 0.29) is 0 Å². The van der Waals surface area contributed by atoms with Gasteiger partial charge in [-0.2, -0.15) is 9.47 Å². The molecule has 0 spiro atoms. The number of anilines is 1. The summed E-state index contributed by atoms with van der Waals surface area (Å²) in [5.74, 6) is 1.16. The van der Waals surface area contributed by atoms with Crippen LogP contribution in [0.4, 0.5) is 5.82 Å². The first-order valence-corrected chi connectivity index (χ1v) is 10.2. The van der Waals surface area contributed by atoms with Crippen LogP contribution in [0.15, 0.2) is 30.3 Å². The summed E-state index contributed by atoms with van der Waals surface area (Å²) in [5.41, 5.74) is 2.53. The van der Waals surface area contributed by atoms with E-state index < -0.39 is 0 Å². The Morgan fingerprint density at radius 2 is 1.96 bits per heavy atom. The molecule has 0 radical (unpaired) electrons. The molecule has 1 fully saturated rings. The fourth-order valence-corrected chi connectivity index (χ4v) is 4.74. The van der Waals surface area contributed by atoms with Crippen molar-refractivity contribution in [1.82, 2.24) is 24.4 Å². The van der Waals surface area contributed by atoms with Crippen LogP contribution in [0, 0.1) is 0 Å². The lowest BCUT2D eigenvalue weighted by Crippen LogP contribution is -2.46. The van der Waals surface area contributed by atoms with E-state index in [1.54, 1.807) is 11.5 Å². The van der Waals surface area contributed by atoms with Crippen molar-refractivity contribution in [2.45, 2.75) is 26.1 Å². The fraction of sp³-hybridized carbons (Fsp3) is 0.474. The van der Waals surface area contributed by atoms with Gasteiger partial charge in [0.05, 0.1) is 16.1 Å². The van der Waals surface area contributed by atoms with Crippen molar-refractivity contribution in [2.75, 3.05) is 37.6 Å². The van der Waals surface area contributed by atoms with E-state index in [0.29, 0.717) is 0 Å². The minimum Gasteiger partial charge on any atom is -0.353 e. The number of fused-ring (bicyclic) bond motifs is 2. The monoisotopic (exact) mass is 368 g/mol. The average molecular weight is 369 g/mol. The predicted molar refractivity (Wildman–Crippen MR) is 106 cm³/mol. The number of benzene rings is 1. The summed E-state index contributed by atoms with van der Waals surface area (Å²) in [5, 5.41) is 9.58. The molecule has 7 heteroatoms. The molecule has 3 aromatic rings. The van der Waals surface area contributed by atoms with Crippen molar-refractivity contribution in [3.8, 4) is 0 Å². The van der Waals surface area contributed by atoms with E-state index in [1.165, 1.54) is 21.5 Å². The molecule has 1 N–H and O–H groups in total. The summed E-state index contributed by atoms with van der Waals surface area (Å²) in [6.45, 7) is 8.20. The van der Waals surface area contributed by atoms with Crippen LogP contribution >= 0.6 is 11.5 Å². The van der Waals surface area contributed by atoms with Crippen molar-refractivity contribution in [3.05, 3.63) is 41.7 Å². The lowest BCUT2D eigenvalue weighted by Gasteiger charge is -2.34. The zero-order valence-electron chi connectivity index (χ0n) is 14.9. The number of hydrogen-bond acceptors (Lipinski definition) is 6. The maximum Gasteiger partial charge on any atom is 0.150 e. The largest absolute Gasteiger partial charge is 0.353 e. The second kappa shape index (κ2) is 6.98. The Balaban J connectivity index is 1.23. The standard InChI is InChI=1S/C19H24N6S/c1-2-5-18-17(4-1)19(22-26-18)24-10-8-23(9-11-24)14-15-12-16-13-20-6-3-7-25(16)21-15/h1-2,4-5,12,20H,3,6-11,13-14H2. The molecule has 1 saturated heterocycles. The highest BCUT2D eigenvalue weighted by Gasteiger charge is 2.22.